The van der Waals surface area contributed by atoms with Gasteiger partial charge in [0.2, 0.25) is 5.88 Å². The smallest absolute Gasteiger partial charge is 0.417 e. The number of carbonyl (C=O) groups is 1. The largest absolute Gasteiger partial charge is 0.439 e. The number of rotatable bonds is 5. The predicted molar refractivity (Wildman–Crippen MR) is 120 cm³/mol. The summed E-state index contributed by atoms with van der Waals surface area (Å²) in [5.41, 5.74) is -0.844. The van der Waals surface area contributed by atoms with E-state index in [1.807, 2.05) is 0 Å². The monoisotopic (exact) mass is 478 g/mol. The molecule has 7 nitrogen and oxygen atoms in total. The van der Waals surface area contributed by atoms with Gasteiger partial charge in [0.25, 0.3) is 0 Å². The van der Waals surface area contributed by atoms with Crippen molar-refractivity contribution in [1.82, 2.24) is 20.1 Å². The number of hydrogen-bond acceptors (Lipinski definition) is 6. The second-order valence-electron chi connectivity index (χ2n) is 8.68. The third kappa shape index (κ3) is 6.18. The number of amides is 1. The number of nitrogens with one attached hydrogen (secondary N) is 1. The number of alkyl halides is 3. The summed E-state index contributed by atoms with van der Waals surface area (Å²) < 4.78 is 48.8. The van der Waals surface area contributed by atoms with Gasteiger partial charge in [0.15, 0.2) is 0 Å². The van der Waals surface area contributed by atoms with Crippen molar-refractivity contribution in [2.75, 3.05) is 39.3 Å². The predicted octanol–water partition coefficient (Wildman–Crippen LogP) is 4.40. The average Bonchev–Trinajstić information content (AvgIpc) is 2.85. The Morgan fingerprint density at radius 2 is 1.68 bits per heavy atom. The van der Waals surface area contributed by atoms with Crippen LogP contribution in [0.15, 0.2) is 42.6 Å². The summed E-state index contributed by atoms with van der Waals surface area (Å²) in [6.07, 6.45) is -1.74. The molecule has 4 rings (SSSR count). The van der Waals surface area contributed by atoms with Crippen LogP contribution >= 0.6 is 0 Å². The lowest BCUT2D eigenvalue weighted by atomic mass is 9.90. The Labute approximate surface area is 196 Å². The van der Waals surface area contributed by atoms with E-state index >= 15 is 0 Å². The third-order valence-corrected chi connectivity index (χ3v) is 6.53. The number of carbonyl (C=O) groups excluding carboxylic acids is 1. The molecule has 2 aromatic rings. The minimum atomic E-state index is -4.45. The Morgan fingerprint density at radius 1 is 1.03 bits per heavy atom. The van der Waals surface area contributed by atoms with Gasteiger partial charge in [-0.3, -0.25) is 4.90 Å². The van der Waals surface area contributed by atoms with Crippen molar-refractivity contribution in [1.29, 1.82) is 0 Å². The molecule has 1 amide bonds. The lowest BCUT2D eigenvalue weighted by Gasteiger charge is -2.41. The quantitative estimate of drug-likeness (QED) is 0.687. The lowest BCUT2D eigenvalue weighted by Crippen LogP contribution is -2.54. The fraction of sp³-hybridized carbons (Fsp3) is 0.500. The van der Waals surface area contributed by atoms with Gasteiger partial charge in [-0.2, -0.15) is 13.2 Å². The molecule has 0 radical (unpaired) electrons. The highest BCUT2D eigenvalue weighted by atomic mass is 19.4. The zero-order chi connectivity index (χ0) is 24.1. The van der Waals surface area contributed by atoms with Gasteiger partial charge in [0, 0.05) is 44.5 Å². The van der Waals surface area contributed by atoms with Crippen LogP contribution in [0, 0.1) is 5.92 Å². The van der Waals surface area contributed by atoms with Crippen LogP contribution in [-0.2, 0) is 6.18 Å². The van der Waals surface area contributed by atoms with Crippen LogP contribution < -0.4 is 14.8 Å². The van der Waals surface area contributed by atoms with Crippen molar-refractivity contribution in [3.63, 3.8) is 0 Å². The number of nitrogens with zero attached hydrogens (tertiary/aromatic N) is 3. The molecule has 0 bridgehead atoms. The number of halogens is 3. The van der Waals surface area contributed by atoms with Crippen LogP contribution in [0.3, 0.4) is 0 Å². The van der Waals surface area contributed by atoms with Gasteiger partial charge in [-0.25, -0.2) is 9.78 Å². The molecule has 0 aliphatic carbocycles. The first kappa shape index (κ1) is 24.3. The summed E-state index contributed by atoms with van der Waals surface area (Å²) >= 11 is 0. The first-order valence-electron chi connectivity index (χ1n) is 11.5. The molecule has 10 heteroatoms. The molecular formula is C24H29F3N4O3. The summed E-state index contributed by atoms with van der Waals surface area (Å²) in [4.78, 5) is 20.4. The number of ether oxygens (including phenoxy) is 2. The average molecular weight is 479 g/mol. The summed E-state index contributed by atoms with van der Waals surface area (Å²) in [6.45, 7) is 7.33. The van der Waals surface area contributed by atoms with E-state index < -0.39 is 17.8 Å². The summed E-state index contributed by atoms with van der Waals surface area (Å²) in [5, 5.41) is 3.40. The molecule has 1 aromatic heterocycles. The van der Waals surface area contributed by atoms with Crippen LogP contribution in [0.2, 0.25) is 0 Å². The van der Waals surface area contributed by atoms with E-state index in [2.05, 4.69) is 22.1 Å². The Hall–Kier alpha value is -2.85. The van der Waals surface area contributed by atoms with E-state index in [4.69, 9.17) is 9.47 Å². The number of hydrogen-bond donors (Lipinski definition) is 1. The first-order chi connectivity index (χ1) is 16.3. The van der Waals surface area contributed by atoms with E-state index in [1.165, 1.54) is 12.8 Å². The molecule has 1 unspecified atom stereocenters. The van der Waals surface area contributed by atoms with E-state index in [1.54, 1.807) is 29.2 Å². The van der Waals surface area contributed by atoms with Crippen LogP contribution in [-0.4, -0.2) is 66.2 Å². The maximum atomic E-state index is 12.6. The standard InChI is InChI=1S/C24H29F3N4O3/c1-17(18-8-10-28-11-9-18)30-12-14-31(15-13-30)23(32)34-21-5-3-20(4-6-21)33-22-7-2-19(16-29-22)24(25,26)27/h2-7,16-18,28H,8-15H2,1H3. The molecule has 1 atom stereocenters. The van der Waals surface area contributed by atoms with Crippen molar-refractivity contribution in [3.05, 3.63) is 48.2 Å². The number of aromatic nitrogens is 1. The normalized spacial score (nSPS) is 19.0. The Bertz CT molecular complexity index is 939. The summed E-state index contributed by atoms with van der Waals surface area (Å²) in [5.74, 6) is 1.46. The van der Waals surface area contributed by atoms with E-state index in [0.29, 0.717) is 36.5 Å². The van der Waals surface area contributed by atoms with Crippen LogP contribution in [0.5, 0.6) is 17.4 Å². The Kier molecular flexibility index (Phi) is 7.57. The molecule has 2 fully saturated rings. The summed E-state index contributed by atoms with van der Waals surface area (Å²) in [6, 6.07) is 8.86. The van der Waals surface area contributed by atoms with Gasteiger partial charge in [-0.05, 0) is 69.1 Å². The molecular weight excluding hydrogens is 449 g/mol. The van der Waals surface area contributed by atoms with Gasteiger partial charge in [0.1, 0.15) is 11.5 Å². The Balaban J connectivity index is 1.24. The SMILES string of the molecule is CC(C1CCNCC1)N1CCN(C(=O)Oc2ccc(Oc3ccc(C(F)(F)F)cn3)cc2)CC1. The van der Waals surface area contributed by atoms with Crippen molar-refractivity contribution < 1.29 is 27.4 Å². The highest BCUT2D eigenvalue weighted by Gasteiger charge is 2.31. The molecule has 1 N–H and O–H groups in total. The Morgan fingerprint density at radius 3 is 2.26 bits per heavy atom. The molecule has 3 heterocycles. The number of piperazine rings is 1. The molecule has 2 aliphatic heterocycles. The molecule has 0 saturated carbocycles. The van der Waals surface area contributed by atoms with Gasteiger partial charge in [-0.1, -0.05) is 0 Å². The topological polar surface area (TPSA) is 66.9 Å². The number of benzene rings is 1. The van der Waals surface area contributed by atoms with Crippen molar-refractivity contribution in [2.45, 2.75) is 32.0 Å². The zero-order valence-corrected chi connectivity index (χ0v) is 19.1. The van der Waals surface area contributed by atoms with Gasteiger partial charge < -0.3 is 19.7 Å². The molecule has 34 heavy (non-hydrogen) atoms. The number of piperidine rings is 1. The van der Waals surface area contributed by atoms with Gasteiger partial charge >= 0.3 is 12.3 Å². The van der Waals surface area contributed by atoms with Crippen molar-refractivity contribution in [2.24, 2.45) is 5.92 Å². The van der Waals surface area contributed by atoms with E-state index in [-0.39, 0.29) is 5.88 Å². The summed E-state index contributed by atoms with van der Waals surface area (Å²) in [7, 11) is 0. The molecule has 0 spiro atoms. The van der Waals surface area contributed by atoms with E-state index in [0.717, 1.165) is 44.5 Å². The van der Waals surface area contributed by atoms with Gasteiger partial charge in [0.05, 0.1) is 5.56 Å². The van der Waals surface area contributed by atoms with Crippen molar-refractivity contribution >= 4 is 6.09 Å². The molecule has 2 aliphatic rings. The molecule has 2 saturated heterocycles. The fourth-order valence-electron chi connectivity index (χ4n) is 4.41. The van der Waals surface area contributed by atoms with Crippen molar-refractivity contribution in [3.8, 4) is 17.4 Å². The minimum absolute atomic E-state index is 0.0364. The fourth-order valence-corrected chi connectivity index (χ4v) is 4.41. The number of pyridine rings is 1. The third-order valence-electron chi connectivity index (χ3n) is 6.53. The minimum Gasteiger partial charge on any atom is -0.439 e. The van der Waals surface area contributed by atoms with Crippen LogP contribution in [0.4, 0.5) is 18.0 Å². The van der Waals surface area contributed by atoms with Crippen LogP contribution in [0.25, 0.3) is 0 Å². The molecule has 184 valence electrons. The van der Waals surface area contributed by atoms with Crippen LogP contribution in [0.1, 0.15) is 25.3 Å². The maximum Gasteiger partial charge on any atom is 0.417 e. The molecule has 1 aromatic carbocycles. The first-order valence-corrected chi connectivity index (χ1v) is 11.5. The highest BCUT2D eigenvalue weighted by molar-refractivity contribution is 5.70. The highest BCUT2D eigenvalue weighted by Crippen LogP contribution is 2.30. The lowest BCUT2D eigenvalue weighted by molar-refractivity contribution is -0.137. The second-order valence-corrected chi connectivity index (χ2v) is 8.68. The maximum absolute atomic E-state index is 12.6. The van der Waals surface area contributed by atoms with Gasteiger partial charge in [-0.15, -0.1) is 0 Å². The zero-order valence-electron chi connectivity index (χ0n) is 19.1. The van der Waals surface area contributed by atoms with E-state index in [9.17, 15) is 18.0 Å². The second kappa shape index (κ2) is 10.6.